The third kappa shape index (κ3) is 4.44. The molecule has 0 unspecified atom stereocenters. The number of hydrogen-bond acceptors (Lipinski definition) is 5. The minimum Gasteiger partial charge on any atom is -0.443 e. The van der Waals surface area contributed by atoms with Gasteiger partial charge in [-0.25, -0.2) is 9.69 Å². The number of benzene rings is 4. The van der Waals surface area contributed by atoms with Crippen molar-refractivity contribution in [1.82, 2.24) is 19.6 Å². The van der Waals surface area contributed by atoms with E-state index in [0.29, 0.717) is 0 Å². The summed E-state index contributed by atoms with van der Waals surface area (Å²) >= 11 is 1.67. The van der Waals surface area contributed by atoms with Gasteiger partial charge in [0.05, 0.1) is 34.8 Å². The van der Waals surface area contributed by atoms with Crippen LogP contribution in [0.1, 0.15) is 20.8 Å². The van der Waals surface area contributed by atoms with Crippen molar-refractivity contribution in [1.29, 1.82) is 0 Å². The largest absolute Gasteiger partial charge is 0.443 e. The average Bonchev–Trinajstić information content (AvgIpc) is 3.51. The number of rotatable bonds is 2. The predicted octanol–water partition coefficient (Wildman–Crippen LogP) is 8.33. The van der Waals surface area contributed by atoms with Gasteiger partial charge in [-0.3, -0.25) is 9.36 Å². The average molecular weight is 560 g/mol. The number of aromatic nitrogens is 4. The molecule has 7 nitrogen and oxygen atoms in total. The zero-order valence-corrected chi connectivity index (χ0v) is 24.4. The molecule has 7 rings (SSSR count). The van der Waals surface area contributed by atoms with Gasteiger partial charge < -0.3 is 4.74 Å². The Bertz CT molecular complexity index is 1870. The molecule has 0 aliphatic carbocycles. The quantitative estimate of drug-likeness (QED) is 0.213. The van der Waals surface area contributed by atoms with Crippen molar-refractivity contribution in [3.63, 3.8) is 0 Å². The summed E-state index contributed by atoms with van der Waals surface area (Å²) in [5.74, 6) is 0. The van der Waals surface area contributed by atoms with Crippen LogP contribution in [0, 0.1) is 0 Å². The molecule has 6 aromatic rings. The summed E-state index contributed by atoms with van der Waals surface area (Å²) in [5.41, 5.74) is 7.52. The van der Waals surface area contributed by atoms with Crippen LogP contribution in [0.15, 0.2) is 95.0 Å². The Balaban J connectivity index is 1.33. The first-order valence-corrected chi connectivity index (χ1v) is 14.3. The molecule has 0 radical (unpaired) electrons. The number of anilines is 2. The van der Waals surface area contributed by atoms with Crippen LogP contribution in [-0.2, 0) is 18.8 Å². The molecule has 41 heavy (non-hydrogen) atoms. The van der Waals surface area contributed by atoms with Crippen molar-refractivity contribution in [2.24, 2.45) is 14.1 Å². The van der Waals surface area contributed by atoms with E-state index in [1.807, 2.05) is 68.8 Å². The first-order chi connectivity index (χ1) is 19.6. The highest BCUT2D eigenvalue weighted by molar-refractivity contribution is 7.99. The monoisotopic (exact) mass is 559 g/mol. The lowest BCUT2D eigenvalue weighted by atomic mass is 10.0. The van der Waals surface area contributed by atoms with E-state index in [-0.39, 0.29) is 0 Å². The fraction of sp³-hybridized carbons (Fsp3) is 0.182. The predicted molar refractivity (Wildman–Crippen MR) is 165 cm³/mol. The molecule has 3 heterocycles. The van der Waals surface area contributed by atoms with Crippen LogP contribution in [0.2, 0.25) is 0 Å². The summed E-state index contributed by atoms with van der Waals surface area (Å²) in [6, 6.07) is 25.2. The second-order valence-corrected chi connectivity index (χ2v) is 12.5. The summed E-state index contributed by atoms with van der Waals surface area (Å²) in [5, 5.41) is 10.9. The van der Waals surface area contributed by atoms with Crippen molar-refractivity contribution >= 4 is 51.0 Å². The van der Waals surface area contributed by atoms with Crippen LogP contribution in [-0.4, -0.2) is 31.3 Å². The van der Waals surface area contributed by atoms with Gasteiger partial charge in [0.1, 0.15) is 5.60 Å². The van der Waals surface area contributed by atoms with E-state index in [0.717, 1.165) is 65.2 Å². The third-order valence-corrected chi connectivity index (χ3v) is 8.45. The zero-order chi connectivity index (χ0) is 28.5. The standard InChI is InChI=1S/C33H29N5O2S/c1-33(2,3)40-32(39)38-28-12-8-22(20-6-10-26-24(14-20)18-34-36(26)4)16-30(28)41-31-17-23(9-13-29(31)38)21-7-11-27-25(15-21)19-35-37(27)5/h6-19H,1-5H3. The second-order valence-electron chi connectivity index (χ2n) is 11.4. The summed E-state index contributed by atoms with van der Waals surface area (Å²) in [6.07, 6.45) is 3.38. The van der Waals surface area contributed by atoms with Gasteiger partial charge in [0.2, 0.25) is 0 Å². The molecule has 1 aliphatic heterocycles. The molecule has 4 aromatic carbocycles. The Morgan fingerprint density at radius 2 is 1.12 bits per heavy atom. The van der Waals surface area contributed by atoms with Crippen molar-refractivity contribution < 1.29 is 9.53 Å². The number of amides is 1. The molecule has 0 fully saturated rings. The Kier molecular flexibility index (Phi) is 5.73. The maximum absolute atomic E-state index is 13.6. The van der Waals surface area contributed by atoms with Gasteiger partial charge in [-0.1, -0.05) is 36.0 Å². The van der Waals surface area contributed by atoms with Crippen molar-refractivity contribution in [3.05, 3.63) is 85.2 Å². The van der Waals surface area contributed by atoms with Crippen LogP contribution in [0.3, 0.4) is 0 Å². The molecular formula is C33H29N5O2S. The lowest BCUT2D eigenvalue weighted by molar-refractivity contribution is 0.0597. The van der Waals surface area contributed by atoms with Crippen LogP contribution in [0.5, 0.6) is 0 Å². The van der Waals surface area contributed by atoms with Gasteiger partial charge in [-0.05, 0) is 91.6 Å². The summed E-state index contributed by atoms with van der Waals surface area (Å²) < 4.78 is 9.63. The van der Waals surface area contributed by atoms with Gasteiger partial charge in [0, 0.05) is 34.7 Å². The van der Waals surface area contributed by atoms with E-state index in [9.17, 15) is 4.79 Å². The number of ether oxygens (including phenoxy) is 1. The normalized spacial score (nSPS) is 13.0. The fourth-order valence-electron chi connectivity index (χ4n) is 5.36. The number of hydrogen-bond donors (Lipinski definition) is 0. The first-order valence-electron chi connectivity index (χ1n) is 13.5. The Labute approximate surface area is 242 Å². The molecule has 204 valence electrons. The molecule has 0 bridgehead atoms. The first kappa shape index (κ1) is 25.4. The third-order valence-electron chi connectivity index (χ3n) is 7.36. The number of aryl methyl sites for hydroxylation is 2. The van der Waals surface area contributed by atoms with E-state index >= 15 is 0 Å². The van der Waals surface area contributed by atoms with Gasteiger partial charge in [0.15, 0.2) is 0 Å². The highest BCUT2D eigenvalue weighted by Gasteiger charge is 2.32. The van der Waals surface area contributed by atoms with Gasteiger partial charge >= 0.3 is 6.09 Å². The topological polar surface area (TPSA) is 65.2 Å². The molecule has 0 N–H and O–H groups in total. The minimum absolute atomic E-state index is 0.394. The summed E-state index contributed by atoms with van der Waals surface area (Å²) in [4.78, 5) is 17.3. The number of carbonyl (C=O) groups excluding carboxylic acids is 1. The van der Waals surface area contributed by atoms with Crippen molar-refractivity contribution in [2.75, 3.05) is 4.90 Å². The highest BCUT2D eigenvalue weighted by atomic mass is 32.2. The number of nitrogens with zero attached hydrogens (tertiary/aromatic N) is 5. The molecule has 0 atom stereocenters. The van der Waals surface area contributed by atoms with E-state index < -0.39 is 11.7 Å². The lowest BCUT2D eigenvalue weighted by Gasteiger charge is -2.33. The molecule has 1 aliphatic rings. The molecular weight excluding hydrogens is 530 g/mol. The highest BCUT2D eigenvalue weighted by Crippen LogP contribution is 2.51. The second kappa shape index (κ2) is 9.24. The van der Waals surface area contributed by atoms with Gasteiger partial charge in [0.25, 0.3) is 0 Å². The van der Waals surface area contributed by atoms with Crippen molar-refractivity contribution in [3.8, 4) is 22.3 Å². The molecule has 0 saturated heterocycles. The smallest absolute Gasteiger partial charge is 0.419 e. The maximum Gasteiger partial charge on any atom is 0.419 e. The fourth-order valence-corrected chi connectivity index (χ4v) is 6.50. The maximum atomic E-state index is 13.6. The Morgan fingerprint density at radius 1 is 0.683 bits per heavy atom. The molecule has 0 saturated carbocycles. The van der Waals surface area contributed by atoms with Crippen LogP contribution < -0.4 is 4.90 Å². The molecule has 1 amide bonds. The van der Waals surface area contributed by atoms with Crippen LogP contribution >= 0.6 is 11.8 Å². The van der Waals surface area contributed by atoms with Crippen LogP contribution in [0.4, 0.5) is 16.2 Å². The van der Waals surface area contributed by atoms with Crippen LogP contribution in [0.25, 0.3) is 44.1 Å². The number of carbonyl (C=O) groups is 1. The summed E-state index contributed by atoms with van der Waals surface area (Å²) in [7, 11) is 3.90. The van der Waals surface area contributed by atoms with E-state index in [1.165, 1.54) is 0 Å². The Hall–Kier alpha value is -4.56. The van der Waals surface area contributed by atoms with Gasteiger partial charge in [-0.15, -0.1) is 0 Å². The molecule has 8 heteroatoms. The van der Waals surface area contributed by atoms with E-state index in [2.05, 4.69) is 70.9 Å². The number of fused-ring (bicyclic) bond motifs is 4. The van der Waals surface area contributed by atoms with E-state index in [4.69, 9.17) is 4.74 Å². The Morgan fingerprint density at radius 3 is 1.59 bits per heavy atom. The summed E-state index contributed by atoms with van der Waals surface area (Å²) in [6.45, 7) is 5.67. The SMILES string of the molecule is Cn1ncc2cc(-c3ccc4c(c3)Sc3cc(-c5ccc6c(cnn6C)c5)ccc3N4C(=O)OC(C)(C)C)ccc21. The lowest BCUT2D eigenvalue weighted by Crippen LogP contribution is -2.35. The molecule has 2 aromatic heterocycles. The van der Waals surface area contributed by atoms with E-state index in [1.54, 1.807) is 16.7 Å². The van der Waals surface area contributed by atoms with Gasteiger partial charge in [-0.2, -0.15) is 10.2 Å². The van der Waals surface area contributed by atoms with Crippen molar-refractivity contribution in [2.45, 2.75) is 36.2 Å². The molecule has 0 spiro atoms. The minimum atomic E-state index is -0.625. The zero-order valence-electron chi connectivity index (χ0n) is 23.5.